The molecule has 1 unspecified atom stereocenters. The largest absolute Gasteiger partial charge is 0.392 e. The molecule has 188 valence electrons. The summed E-state index contributed by atoms with van der Waals surface area (Å²) in [5.41, 5.74) is 3.95. The molecule has 2 aliphatic rings. The minimum absolute atomic E-state index is 0.210. The number of piperidine rings is 2. The summed E-state index contributed by atoms with van der Waals surface area (Å²) in [6, 6.07) is 14.6. The third-order valence-corrected chi connectivity index (χ3v) is 8.93. The fourth-order valence-corrected chi connectivity index (χ4v) is 6.36. The highest BCUT2D eigenvalue weighted by Gasteiger charge is 2.29. The SMILES string of the molecule is OC(CN1CCC(c2c[nH]c3ccccc23)CC1)C1CCN(CCCc2ccc(Cl)c(Cl)c2)CC1. The lowest BCUT2D eigenvalue weighted by molar-refractivity contribution is 0.0256. The van der Waals surface area contributed by atoms with E-state index in [0.29, 0.717) is 21.9 Å². The van der Waals surface area contributed by atoms with E-state index in [1.165, 1.54) is 34.9 Å². The number of aromatic nitrogens is 1. The summed E-state index contributed by atoms with van der Waals surface area (Å²) in [6.45, 7) is 6.26. The van der Waals surface area contributed by atoms with Crippen LogP contribution in [0.5, 0.6) is 0 Å². The molecule has 0 bridgehead atoms. The van der Waals surface area contributed by atoms with Crippen molar-refractivity contribution in [2.45, 2.75) is 50.5 Å². The van der Waals surface area contributed by atoms with Gasteiger partial charge in [0.1, 0.15) is 0 Å². The quantitative estimate of drug-likeness (QED) is 0.368. The molecule has 2 aromatic carbocycles. The van der Waals surface area contributed by atoms with Crippen molar-refractivity contribution in [3.05, 3.63) is 69.8 Å². The van der Waals surface area contributed by atoms with Gasteiger partial charge in [-0.15, -0.1) is 0 Å². The molecular weight excluding hydrogens is 477 g/mol. The molecule has 35 heavy (non-hydrogen) atoms. The maximum atomic E-state index is 11.0. The molecule has 5 rings (SSSR count). The molecule has 0 saturated carbocycles. The van der Waals surface area contributed by atoms with E-state index in [-0.39, 0.29) is 6.10 Å². The van der Waals surface area contributed by atoms with Crippen LogP contribution in [0.4, 0.5) is 0 Å². The average molecular weight is 515 g/mol. The van der Waals surface area contributed by atoms with Gasteiger partial charge in [0, 0.05) is 23.6 Å². The Hall–Kier alpha value is -1.56. The summed E-state index contributed by atoms with van der Waals surface area (Å²) in [5.74, 6) is 1.04. The number of halogens is 2. The second-order valence-corrected chi connectivity index (χ2v) is 11.3. The summed E-state index contributed by atoms with van der Waals surface area (Å²) >= 11 is 12.2. The number of aliphatic hydroxyl groups is 1. The second-order valence-electron chi connectivity index (χ2n) is 10.5. The first-order valence-electron chi connectivity index (χ1n) is 13.2. The number of β-amino-alcohol motifs (C(OH)–C–C–N with tert-alkyl or cyclic N) is 1. The molecule has 1 atom stereocenters. The summed E-state index contributed by atoms with van der Waals surface area (Å²) in [7, 11) is 0. The smallest absolute Gasteiger partial charge is 0.0696 e. The lowest BCUT2D eigenvalue weighted by atomic mass is 9.87. The molecular formula is C29H37Cl2N3O. The average Bonchev–Trinajstić information content (AvgIpc) is 3.31. The number of aryl methyl sites for hydroxylation is 1. The minimum Gasteiger partial charge on any atom is -0.392 e. The van der Waals surface area contributed by atoms with Gasteiger partial charge in [0.2, 0.25) is 0 Å². The van der Waals surface area contributed by atoms with Crippen LogP contribution in [0.2, 0.25) is 10.0 Å². The zero-order valence-corrected chi connectivity index (χ0v) is 21.9. The fourth-order valence-electron chi connectivity index (χ4n) is 6.04. The van der Waals surface area contributed by atoms with Crippen molar-refractivity contribution in [3.8, 4) is 0 Å². The fraction of sp³-hybridized carbons (Fsp3) is 0.517. The van der Waals surface area contributed by atoms with Gasteiger partial charge in [-0.25, -0.2) is 0 Å². The van der Waals surface area contributed by atoms with Gasteiger partial charge < -0.3 is 19.9 Å². The van der Waals surface area contributed by atoms with E-state index < -0.39 is 0 Å². The third-order valence-electron chi connectivity index (χ3n) is 8.19. The Bertz CT molecular complexity index is 1100. The second kappa shape index (κ2) is 11.7. The van der Waals surface area contributed by atoms with E-state index in [0.717, 1.165) is 65.0 Å². The van der Waals surface area contributed by atoms with Gasteiger partial charge in [0.25, 0.3) is 0 Å². The highest BCUT2D eigenvalue weighted by atomic mass is 35.5. The summed E-state index contributed by atoms with van der Waals surface area (Å²) < 4.78 is 0. The van der Waals surface area contributed by atoms with Crippen molar-refractivity contribution in [2.75, 3.05) is 39.3 Å². The van der Waals surface area contributed by atoms with E-state index in [9.17, 15) is 5.11 Å². The number of rotatable bonds is 8. The summed E-state index contributed by atoms with van der Waals surface area (Å²) in [6.07, 6.45) is 8.68. The molecule has 0 aliphatic carbocycles. The minimum atomic E-state index is -0.210. The van der Waals surface area contributed by atoms with Crippen LogP contribution in [-0.2, 0) is 6.42 Å². The van der Waals surface area contributed by atoms with Crippen LogP contribution in [0.25, 0.3) is 10.9 Å². The molecule has 0 spiro atoms. The van der Waals surface area contributed by atoms with Crippen molar-refractivity contribution in [2.24, 2.45) is 5.92 Å². The zero-order chi connectivity index (χ0) is 24.2. The van der Waals surface area contributed by atoms with Crippen molar-refractivity contribution in [1.29, 1.82) is 0 Å². The van der Waals surface area contributed by atoms with Crippen LogP contribution in [0.15, 0.2) is 48.7 Å². The Morgan fingerprint density at radius 2 is 1.66 bits per heavy atom. The maximum Gasteiger partial charge on any atom is 0.0696 e. The van der Waals surface area contributed by atoms with E-state index in [2.05, 4.69) is 51.3 Å². The van der Waals surface area contributed by atoms with Gasteiger partial charge in [0.15, 0.2) is 0 Å². The van der Waals surface area contributed by atoms with Crippen LogP contribution in [0.3, 0.4) is 0 Å². The number of aliphatic hydroxyl groups excluding tert-OH is 1. The number of benzene rings is 2. The topological polar surface area (TPSA) is 42.5 Å². The van der Waals surface area contributed by atoms with E-state index >= 15 is 0 Å². The Balaban J connectivity index is 1.01. The number of likely N-dealkylation sites (tertiary alicyclic amines) is 2. The van der Waals surface area contributed by atoms with Crippen LogP contribution < -0.4 is 0 Å². The lowest BCUT2D eigenvalue weighted by Gasteiger charge is -2.38. The third kappa shape index (κ3) is 6.23. The van der Waals surface area contributed by atoms with Crippen LogP contribution in [0, 0.1) is 5.92 Å². The van der Waals surface area contributed by atoms with Gasteiger partial charge in [-0.05, 0) is 112 Å². The Morgan fingerprint density at radius 1 is 0.914 bits per heavy atom. The van der Waals surface area contributed by atoms with Crippen molar-refractivity contribution < 1.29 is 5.11 Å². The molecule has 6 heteroatoms. The van der Waals surface area contributed by atoms with Gasteiger partial charge in [-0.1, -0.05) is 47.5 Å². The number of aromatic amines is 1. The van der Waals surface area contributed by atoms with Crippen molar-refractivity contribution >= 4 is 34.1 Å². The Morgan fingerprint density at radius 3 is 2.43 bits per heavy atom. The number of H-pyrrole nitrogens is 1. The van der Waals surface area contributed by atoms with Crippen molar-refractivity contribution in [1.82, 2.24) is 14.8 Å². The predicted molar refractivity (Wildman–Crippen MR) is 147 cm³/mol. The van der Waals surface area contributed by atoms with E-state index in [4.69, 9.17) is 23.2 Å². The van der Waals surface area contributed by atoms with Gasteiger partial charge in [-0.2, -0.15) is 0 Å². The molecule has 2 saturated heterocycles. The maximum absolute atomic E-state index is 11.0. The number of nitrogens with zero attached hydrogens (tertiary/aromatic N) is 2. The molecule has 0 amide bonds. The zero-order valence-electron chi connectivity index (χ0n) is 20.4. The molecule has 1 aromatic heterocycles. The summed E-state index contributed by atoms with van der Waals surface area (Å²) in [5, 5.41) is 13.6. The molecule has 2 aliphatic heterocycles. The molecule has 3 heterocycles. The monoisotopic (exact) mass is 513 g/mol. The summed E-state index contributed by atoms with van der Waals surface area (Å²) in [4.78, 5) is 8.47. The van der Waals surface area contributed by atoms with Gasteiger partial charge in [-0.3, -0.25) is 0 Å². The predicted octanol–water partition coefficient (Wildman–Crippen LogP) is 6.36. The Kier molecular flexibility index (Phi) is 8.36. The normalized spacial score (nSPS) is 20.0. The lowest BCUT2D eigenvalue weighted by Crippen LogP contribution is -2.44. The Labute approximate surface area is 219 Å². The first-order valence-corrected chi connectivity index (χ1v) is 13.9. The molecule has 0 radical (unpaired) electrons. The number of hydrogen-bond acceptors (Lipinski definition) is 3. The molecule has 2 fully saturated rings. The molecule has 3 aromatic rings. The first-order chi connectivity index (χ1) is 17.1. The van der Waals surface area contributed by atoms with E-state index in [1.54, 1.807) is 0 Å². The van der Waals surface area contributed by atoms with Crippen LogP contribution in [-0.4, -0.2) is 65.3 Å². The van der Waals surface area contributed by atoms with Gasteiger partial charge in [0.05, 0.1) is 16.1 Å². The van der Waals surface area contributed by atoms with Gasteiger partial charge >= 0.3 is 0 Å². The standard InChI is InChI=1S/C29H37Cl2N3O/c30-26-8-7-21(18-27(26)31)4-3-13-33-14-11-23(12-15-33)29(35)20-34-16-9-22(10-17-34)25-19-32-28-6-2-1-5-24(25)28/h1-2,5-8,18-19,22-23,29,32,35H,3-4,9-17,20H2. The number of fused-ring (bicyclic) bond motifs is 1. The van der Waals surface area contributed by atoms with Crippen molar-refractivity contribution in [3.63, 3.8) is 0 Å². The highest BCUT2D eigenvalue weighted by molar-refractivity contribution is 6.42. The first kappa shape index (κ1) is 25.1. The number of hydrogen-bond donors (Lipinski definition) is 2. The van der Waals surface area contributed by atoms with Crippen LogP contribution >= 0.6 is 23.2 Å². The highest BCUT2D eigenvalue weighted by Crippen LogP contribution is 2.33. The van der Waals surface area contributed by atoms with Crippen LogP contribution in [0.1, 0.15) is 49.1 Å². The molecule has 2 N–H and O–H groups in total. The number of nitrogens with one attached hydrogen (secondary N) is 1. The number of para-hydroxylation sites is 1. The molecule has 4 nitrogen and oxygen atoms in total. The van der Waals surface area contributed by atoms with E-state index in [1.807, 2.05) is 12.1 Å².